The number of benzene rings is 2. The Bertz CT molecular complexity index is 1120. The third-order valence-corrected chi connectivity index (χ3v) is 5.81. The van der Waals surface area contributed by atoms with Crippen molar-refractivity contribution in [3.63, 3.8) is 0 Å². The van der Waals surface area contributed by atoms with Crippen LogP contribution in [-0.4, -0.2) is 28.9 Å². The number of aliphatic hydroxyl groups is 1. The van der Waals surface area contributed by atoms with E-state index in [1.807, 2.05) is 30.3 Å². The fourth-order valence-electron chi connectivity index (χ4n) is 3.22. The first-order chi connectivity index (χ1) is 12.4. The summed E-state index contributed by atoms with van der Waals surface area (Å²) in [5.74, 6) is 5.57. The number of nitrogens with one attached hydrogen (secondary N) is 2. The van der Waals surface area contributed by atoms with Crippen LogP contribution in [0, 0.1) is 17.3 Å². The number of fused-ring (bicyclic) bond motifs is 3. The predicted octanol–water partition coefficient (Wildman–Crippen LogP) is 2.96. The van der Waals surface area contributed by atoms with Crippen molar-refractivity contribution in [1.29, 1.82) is 5.41 Å². The molecule has 0 unspecified atom stereocenters. The summed E-state index contributed by atoms with van der Waals surface area (Å²) in [6.07, 6.45) is -0.119. The van der Waals surface area contributed by atoms with Crippen LogP contribution in [0.25, 0.3) is 20.2 Å². The molecular weight excluding hydrogens is 346 g/mol. The molecule has 0 aliphatic carbocycles. The lowest BCUT2D eigenvalue weighted by atomic mass is 9.95. The SMILES string of the molecule is CC#Cc1ccc2sc3ccc([C@]4(O)CC(=O)N(C)C(=N)N4)cc3c2c1. The van der Waals surface area contributed by atoms with Crippen molar-refractivity contribution >= 4 is 43.4 Å². The molecule has 2 aromatic carbocycles. The highest BCUT2D eigenvalue weighted by Crippen LogP contribution is 2.37. The molecule has 3 N–H and O–H groups in total. The molecule has 0 radical (unpaired) electrons. The minimum absolute atomic E-state index is 0.112. The van der Waals surface area contributed by atoms with Crippen LogP contribution in [0.4, 0.5) is 0 Å². The highest BCUT2D eigenvalue weighted by molar-refractivity contribution is 7.25. The number of guanidine groups is 1. The first-order valence-corrected chi connectivity index (χ1v) is 8.98. The summed E-state index contributed by atoms with van der Waals surface area (Å²) in [5, 5.41) is 23.7. The Kier molecular flexibility index (Phi) is 3.72. The van der Waals surface area contributed by atoms with Gasteiger partial charge >= 0.3 is 0 Å². The standard InChI is InChI=1S/C20H17N3O2S/c1-3-4-12-5-7-16-14(9-12)15-10-13(6-8-17(15)26-16)20(25)11-18(24)23(2)19(21)22-20/h5-10,25H,11H2,1-2H3,(H2,21,22)/t20-/m1/s1. The number of carbonyl (C=O) groups excluding carboxylic acids is 1. The average molecular weight is 363 g/mol. The minimum Gasteiger partial charge on any atom is -0.366 e. The predicted molar refractivity (Wildman–Crippen MR) is 104 cm³/mol. The molecule has 1 amide bonds. The smallest absolute Gasteiger partial charge is 0.234 e. The molecule has 1 fully saturated rings. The number of hydrogen-bond acceptors (Lipinski definition) is 4. The molecule has 1 aliphatic rings. The van der Waals surface area contributed by atoms with Gasteiger partial charge in [0.15, 0.2) is 11.7 Å². The average Bonchev–Trinajstić information content (AvgIpc) is 2.97. The lowest BCUT2D eigenvalue weighted by Crippen LogP contribution is -2.59. The van der Waals surface area contributed by atoms with E-state index in [0.29, 0.717) is 5.56 Å². The summed E-state index contributed by atoms with van der Waals surface area (Å²) in [5.41, 5.74) is -0.0645. The summed E-state index contributed by atoms with van der Waals surface area (Å²) in [4.78, 5) is 13.3. The minimum atomic E-state index is -1.58. The van der Waals surface area contributed by atoms with Crippen LogP contribution in [0.5, 0.6) is 0 Å². The van der Waals surface area contributed by atoms with Crippen LogP contribution in [0.3, 0.4) is 0 Å². The molecule has 4 rings (SSSR count). The van der Waals surface area contributed by atoms with Gasteiger partial charge < -0.3 is 10.4 Å². The normalized spacial score (nSPS) is 20.2. The van der Waals surface area contributed by atoms with E-state index in [-0.39, 0.29) is 18.3 Å². The maximum Gasteiger partial charge on any atom is 0.234 e. The third-order valence-electron chi connectivity index (χ3n) is 4.66. The number of hydrogen-bond donors (Lipinski definition) is 3. The molecular formula is C20H17N3O2S. The van der Waals surface area contributed by atoms with Crippen LogP contribution in [0.2, 0.25) is 0 Å². The zero-order chi connectivity index (χ0) is 18.5. The largest absolute Gasteiger partial charge is 0.366 e. The highest BCUT2D eigenvalue weighted by atomic mass is 32.1. The maximum atomic E-state index is 12.1. The second-order valence-electron chi connectivity index (χ2n) is 6.36. The molecule has 0 saturated carbocycles. The lowest BCUT2D eigenvalue weighted by Gasteiger charge is -2.38. The van der Waals surface area contributed by atoms with E-state index in [4.69, 9.17) is 5.41 Å². The number of carbonyl (C=O) groups is 1. The molecule has 0 spiro atoms. The summed E-state index contributed by atoms with van der Waals surface area (Å²) in [6, 6.07) is 11.8. The van der Waals surface area contributed by atoms with Crippen LogP contribution in [0.15, 0.2) is 36.4 Å². The quantitative estimate of drug-likeness (QED) is 0.582. The number of rotatable bonds is 1. The van der Waals surface area contributed by atoms with Crippen molar-refractivity contribution in [3.05, 3.63) is 47.5 Å². The van der Waals surface area contributed by atoms with Gasteiger partial charge in [0.2, 0.25) is 5.91 Å². The number of amides is 1. The van der Waals surface area contributed by atoms with Crippen molar-refractivity contribution in [2.45, 2.75) is 19.1 Å². The zero-order valence-corrected chi connectivity index (χ0v) is 15.2. The van der Waals surface area contributed by atoms with Crippen LogP contribution in [-0.2, 0) is 10.5 Å². The van der Waals surface area contributed by atoms with Gasteiger partial charge in [-0.25, -0.2) is 0 Å². The number of nitrogens with zero attached hydrogens (tertiary/aromatic N) is 1. The maximum absolute atomic E-state index is 12.1. The van der Waals surface area contributed by atoms with E-state index in [0.717, 1.165) is 25.7 Å². The van der Waals surface area contributed by atoms with Crippen LogP contribution >= 0.6 is 11.3 Å². The summed E-state index contributed by atoms with van der Waals surface area (Å²) in [7, 11) is 1.52. The van der Waals surface area contributed by atoms with Gasteiger partial charge in [-0.15, -0.1) is 17.3 Å². The fraction of sp³-hybridized carbons (Fsp3) is 0.200. The van der Waals surface area contributed by atoms with E-state index >= 15 is 0 Å². The number of thiophene rings is 1. The Balaban J connectivity index is 1.87. The molecule has 1 aromatic heterocycles. The van der Waals surface area contributed by atoms with E-state index in [1.165, 1.54) is 11.9 Å². The van der Waals surface area contributed by atoms with Gasteiger partial charge in [-0.2, -0.15) is 0 Å². The first kappa shape index (κ1) is 16.6. The molecule has 26 heavy (non-hydrogen) atoms. The molecule has 3 aromatic rings. The molecule has 130 valence electrons. The van der Waals surface area contributed by atoms with Gasteiger partial charge in [-0.3, -0.25) is 15.1 Å². The monoisotopic (exact) mass is 363 g/mol. The Labute approximate surface area is 154 Å². The molecule has 0 bridgehead atoms. The Hall–Kier alpha value is -2.88. The molecule has 1 saturated heterocycles. The third kappa shape index (κ3) is 2.53. The summed E-state index contributed by atoms with van der Waals surface area (Å²) < 4.78 is 2.24. The van der Waals surface area contributed by atoms with E-state index in [1.54, 1.807) is 18.3 Å². The Morgan fingerprint density at radius 3 is 2.62 bits per heavy atom. The molecule has 2 heterocycles. The van der Waals surface area contributed by atoms with Crippen molar-refractivity contribution in [3.8, 4) is 11.8 Å². The highest BCUT2D eigenvalue weighted by Gasteiger charge is 2.40. The van der Waals surface area contributed by atoms with E-state index in [2.05, 4.69) is 23.2 Å². The first-order valence-electron chi connectivity index (χ1n) is 8.16. The van der Waals surface area contributed by atoms with Crippen molar-refractivity contribution in [2.24, 2.45) is 0 Å². The van der Waals surface area contributed by atoms with Crippen molar-refractivity contribution in [2.75, 3.05) is 7.05 Å². The van der Waals surface area contributed by atoms with Gasteiger partial charge in [-0.05, 0) is 37.3 Å². The van der Waals surface area contributed by atoms with Gasteiger partial charge in [0, 0.05) is 38.3 Å². The summed E-state index contributed by atoms with van der Waals surface area (Å²) >= 11 is 1.68. The van der Waals surface area contributed by atoms with E-state index in [9.17, 15) is 9.90 Å². The topological polar surface area (TPSA) is 76.4 Å². The van der Waals surface area contributed by atoms with Crippen LogP contribution < -0.4 is 5.32 Å². The van der Waals surface area contributed by atoms with Gasteiger partial charge in [0.1, 0.15) is 0 Å². The van der Waals surface area contributed by atoms with Gasteiger partial charge in [0.25, 0.3) is 0 Å². The van der Waals surface area contributed by atoms with E-state index < -0.39 is 5.72 Å². The van der Waals surface area contributed by atoms with Crippen molar-refractivity contribution in [1.82, 2.24) is 10.2 Å². The molecule has 1 aliphatic heterocycles. The molecule has 1 atom stereocenters. The Morgan fingerprint density at radius 1 is 1.23 bits per heavy atom. The van der Waals surface area contributed by atoms with Gasteiger partial charge in [0.05, 0.1) is 6.42 Å². The van der Waals surface area contributed by atoms with Gasteiger partial charge in [-0.1, -0.05) is 12.0 Å². The molecule has 5 nitrogen and oxygen atoms in total. The summed E-state index contributed by atoms with van der Waals surface area (Å²) in [6.45, 7) is 1.81. The van der Waals surface area contributed by atoms with Crippen LogP contribution in [0.1, 0.15) is 24.5 Å². The lowest BCUT2D eigenvalue weighted by molar-refractivity contribution is -0.136. The Morgan fingerprint density at radius 2 is 1.92 bits per heavy atom. The fourth-order valence-corrected chi connectivity index (χ4v) is 4.28. The molecule has 6 heteroatoms. The second-order valence-corrected chi connectivity index (χ2v) is 7.45. The zero-order valence-electron chi connectivity index (χ0n) is 14.4. The second kappa shape index (κ2) is 5.84. The van der Waals surface area contributed by atoms with Crippen molar-refractivity contribution < 1.29 is 9.90 Å².